The number of amides is 2. The Balaban J connectivity index is 1.27. The van der Waals surface area contributed by atoms with Crippen molar-refractivity contribution < 1.29 is 14.3 Å². The van der Waals surface area contributed by atoms with E-state index in [1.165, 1.54) is 12.0 Å². The van der Waals surface area contributed by atoms with Gasteiger partial charge in [0, 0.05) is 64.0 Å². The molecule has 1 atom stereocenters. The Morgan fingerprint density at radius 2 is 1.74 bits per heavy atom. The Hall–Kier alpha value is -1.96. The zero-order valence-electron chi connectivity index (χ0n) is 18.8. The second-order valence-electron chi connectivity index (χ2n) is 9.09. The van der Waals surface area contributed by atoms with E-state index in [-0.39, 0.29) is 11.8 Å². The number of benzene rings is 1. The summed E-state index contributed by atoms with van der Waals surface area (Å²) in [5, 5.41) is 0. The molecule has 1 aromatic carbocycles. The van der Waals surface area contributed by atoms with Gasteiger partial charge in [-0.15, -0.1) is 0 Å². The number of ether oxygens (including phenoxy) is 1. The Bertz CT molecular complexity index is 757. The fraction of sp³-hybridized carbons (Fsp3) is 0.667. The van der Waals surface area contributed by atoms with Gasteiger partial charge in [0.05, 0.1) is 19.8 Å². The summed E-state index contributed by atoms with van der Waals surface area (Å²) in [5.74, 6) is 0.335. The lowest BCUT2D eigenvalue weighted by Gasteiger charge is -2.38. The molecule has 0 aromatic heterocycles. The number of piperazine rings is 1. The number of carbonyl (C=O) groups excluding carboxylic acids is 2. The fourth-order valence-electron chi connectivity index (χ4n) is 4.86. The molecule has 7 heteroatoms. The van der Waals surface area contributed by atoms with Crippen LogP contribution in [0.4, 0.5) is 0 Å². The number of hydrogen-bond donors (Lipinski definition) is 0. The first-order valence-corrected chi connectivity index (χ1v) is 11.8. The zero-order chi connectivity index (χ0) is 21.6. The van der Waals surface area contributed by atoms with Gasteiger partial charge in [-0.2, -0.15) is 0 Å². The Kier molecular flexibility index (Phi) is 7.58. The average Bonchev–Trinajstić information content (AvgIpc) is 2.80. The summed E-state index contributed by atoms with van der Waals surface area (Å²) in [4.78, 5) is 34.3. The van der Waals surface area contributed by atoms with Crippen molar-refractivity contribution in [1.82, 2.24) is 19.6 Å². The summed E-state index contributed by atoms with van der Waals surface area (Å²) in [6.45, 7) is 10.7. The highest BCUT2D eigenvalue weighted by Gasteiger charge is 2.27. The highest BCUT2D eigenvalue weighted by Crippen LogP contribution is 2.17. The predicted octanol–water partition coefficient (Wildman–Crippen LogP) is 1.68. The maximum atomic E-state index is 13.1. The van der Waals surface area contributed by atoms with Gasteiger partial charge in [-0.3, -0.25) is 19.4 Å². The van der Waals surface area contributed by atoms with Gasteiger partial charge >= 0.3 is 0 Å². The molecule has 0 spiro atoms. The van der Waals surface area contributed by atoms with Gasteiger partial charge in [-0.25, -0.2) is 0 Å². The second-order valence-corrected chi connectivity index (χ2v) is 9.09. The fourth-order valence-corrected chi connectivity index (χ4v) is 4.86. The van der Waals surface area contributed by atoms with E-state index in [2.05, 4.69) is 22.8 Å². The molecule has 4 rings (SSSR count). The molecule has 7 nitrogen and oxygen atoms in total. The number of piperidine rings is 1. The first-order chi connectivity index (χ1) is 15.1. The predicted molar refractivity (Wildman–Crippen MR) is 120 cm³/mol. The molecule has 3 aliphatic heterocycles. The van der Waals surface area contributed by atoms with E-state index in [0.717, 1.165) is 70.9 Å². The van der Waals surface area contributed by atoms with E-state index in [9.17, 15) is 9.59 Å². The number of carbonyl (C=O) groups is 2. The van der Waals surface area contributed by atoms with Gasteiger partial charge in [0.1, 0.15) is 0 Å². The monoisotopic (exact) mass is 428 g/mol. The Morgan fingerprint density at radius 3 is 2.48 bits per heavy atom. The highest BCUT2D eigenvalue weighted by atomic mass is 16.5. The molecule has 0 N–H and O–H groups in total. The molecule has 2 amide bonds. The quantitative estimate of drug-likeness (QED) is 0.714. The molecular formula is C24H36N4O3. The molecule has 170 valence electrons. The van der Waals surface area contributed by atoms with E-state index >= 15 is 0 Å². The van der Waals surface area contributed by atoms with Crippen molar-refractivity contribution in [2.45, 2.75) is 38.8 Å². The van der Waals surface area contributed by atoms with Crippen LogP contribution in [0.5, 0.6) is 0 Å². The molecule has 31 heavy (non-hydrogen) atoms. The SMILES string of the molecule is CC1CCCCN1C(=O)CN1CCN(C(=O)c2cccc(CN3CCOCC3)c2)CC1. The van der Waals surface area contributed by atoms with E-state index in [1.807, 2.05) is 28.0 Å². The molecule has 1 aromatic rings. The number of rotatable bonds is 5. The lowest BCUT2D eigenvalue weighted by atomic mass is 10.0. The second kappa shape index (κ2) is 10.6. The van der Waals surface area contributed by atoms with Crippen molar-refractivity contribution >= 4 is 11.8 Å². The molecule has 3 saturated heterocycles. The van der Waals surface area contributed by atoms with Crippen molar-refractivity contribution in [3.05, 3.63) is 35.4 Å². The van der Waals surface area contributed by atoms with Crippen molar-refractivity contribution in [2.24, 2.45) is 0 Å². The van der Waals surface area contributed by atoms with E-state index in [0.29, 0.717) is 25.7 Å². The van der Waals surface area contributed by atoms with Gasteiger partial charge in [0.2, 0.25) is 5.91 Å². The number of nitrogens with zero attached hydrogens (tertiary/aromatic N) is 4. The van der Waals surface area contributed by atoms with Crippen LogP contribution in [0, 0.1) is 0 Å². The van der Waals surface area contributed by atoms with Crippen LogP contribution in [0.2, 0.25) is 0 Å². The maximum Gasteiger partial charge on any atom is 0.253 e. The van der Waals surface area contributed by atoms with E-state index < -0.39 is 0 Å². The first kappa shape index (κ1) is 22.2. The summed E-state index contributed by atoms with van der Waals surface area (Å²) < 4.78 is 5.42. The highest BCUT2D eigenvalue weighted by molar-refractivity contribution is 5.94. The van der Waals surface area contributed by atoms with Gasteiger partial charge in [-0.05, 0) is 43.9 Å². The summed E-state index contributed by atoms with van der Waals surface area (Å²) in [5.41, 5.74) is 1.94. The van der Waals surface area contributed by atoms with E-state index in [4.69, 9.17) is 4.74 Å². The lowest BCUT2D eigenvalue weighted by molar-refractivity contribution is -0.136. The smallest absolute Gasteiger partial charge is 0.253 e. The number of hydrogen-bond acceptors (Lipinski definition) is 5. The van der Waals surface area contributed by atoms with Crippen LogP contribution in [0.3, 0.4) is 0 Å². The van der Waals surface area contributed by atoms with Crippen LogP contribution in [0.25, 0.3) is 0 Å². The van der Waals surface area contributed by atoms with Crippen molar-refractivity contribution in [1.29, 1.82) is 0 Å². The molecule has 0 bridgehead atoms. The molecule has 0 saturated carbocycles. The van der Waals surface area contributed by atoms with Gasteiger partial charge < -0.3 is 14.5 Å². The molecule has 1 unspecified atom stereocenters. The maximum absolute atomic E-state index is 13.1. The molecular weight excluding hydrogens is 392 g/mol. The molecule has 0 radical (unpaired) electrons. The third-order valence-electron chi connectivity index (χ3n) is 6.83. The Labute approximate surface area is 185 Å². The van der Waals surface area contributed by atoms with Crippen LogP contribution >= 0.6 is 0 Å². The standard InChI is InChI=1S/C24H36N4O3/c1-20-5-2-3-8-28(20)23(29)19-25-9-11-27(12-10-25)24(30)22-7-4-6-21(17-22)18-26-13-15-31-16-14-26/h4,6-7,17,20H,2-3,5,8-16,18-19H2,1H3. The summed E-state index contributed by atoms with van der Waals surface area (Å²) in [6, 6.07) is 8.38. The van der Waals surface area contributed by atoms with Crippen LogP contribution in [0.1, 0.15) is 42.1 Å². The third-order valence-corrected chi connectivity index (χ3v) is 6.83. The summed E-state index contributed by atoms with van der Waals surface area (Å²) >= 11 is 0. The van der Waals surface area contributed by atoms with Gasteiger partial charge in [0.15, 0.2) is 0 Å². The molecule has 0 aliphatic carbocycles. The Morgan fingerprint density at radius 1 is 0.968 bits per heavy atom. The van der Waals surface area contributed by atoms with Crippen molar-refractivity contribution in [2.75, 3.05) is 65.6 Å². The average molecular weight is 429 g/mol. The number of likely N-dealkylation sites (tertiary alicyclic amines) is 1. The lowest BCUT2D eigenvalue weighted by Crippen LogP contribution is -2.53. The van der Waals surface area contributed by atoms with Crippen LogP contribution in [0.15, 0.2) is 24.3 Å². The van der Waals surface area contributed by atoms with Crippen molar-refractivity contribution in [3.63, 3.8) is 0 Å². The molecule has 3 heterocycles. The largest absolute Gasteiger partial charge is 0.379 e. The summed E-state index contributed by atoms with van der Waals surface area (Å²) in [7, 11) is 0. The molecule has 3 aliphatic rings. The van der Waals surface area contributed by atoms with Crippen LogP contribution < -0.4 is 0 Å². The minimum Gasteiger partial charge on any atom is -0.379 e. The summed E-state index contributed by atoms with van der Waals surface area (Å²) in [6.07, 6.45) is 3.45. The zero-order valence-corrected chi connectivity index (χ0v) is 18.8. The van der Waals surface area contributed by atoms with Crippen LogP contribution in [-0.4, -0.2) is 103 Å². The van der Waals surface area contributed by atoms with Gasteiger partial charge in [-0.1, -0.05) is 12.1 Å². The van der Waals surface area contributed by atoms with Crippen LogP contribution in [-0.2, 0) is 16.1 Å². The number of morpholine rings is 1. The van der Waals surface area contributed by atoms with Crippen molar-refractivity contribution in [3.8, 4) is 0 Å². The van der Waals surface area contributed by atoms with E-state index in [1.54, 1.807) is 0 Å². The minimum absolute atomic E-state index is 0.0967. The third kappa shape index (κ3) is 5.84. The minimum atomic E-state index is 0.0967. The topological polar surface area (TPSA) is 56.3 Å². The first-order valence-electron chi connectivity index (χ1n) is 11.8. The molecule has 3 fully saturated rings. The van der Waals surface area contributed by atoms with Gasteiger partial charge in [0.25, 0.3) is 5.91 Å². The normalized spacial score (nSPS) is 23.7.